The molecule has 18 heavy (non-hydrogen) atoms. The smallest absolute Gasteiger partial charge is 0.216 e. The van der Waals surface area contributed by atoms with Crippen molar-refractivity contribution in [1.29, 1.82) is 0 Å². The largest absolute Gasteiger partial charge is 0.356 e. The molecule has 2 N–H and O–H groups in total. The van der Waals surface area contributed by atoms with E-state index in [-0.39, 0.29) is 17.8 Å². The number of benzene rings is 1. The molecule has 0 aliphatic carbocycles. The van der Waals surface area contributed by atoms with E-state index < -0.39 is 0 Å². The minimum Gasteiger partial charge on any atom is -0.356 e. The molecule has 0 spiro atoms. The van der Waals surface area contributed by atoms with Gasteiger partial charge in [0.25, 0.3) is 0 Å². The molecule has 3 nitrogen and oxygen atoms in total. The number of amides is 1. The molecule has 1 aromatic rings. The Morgan fingerprint density at radius 3 is 2.78 bits per heavy atom. The van der Waals surface area contributed by atoms with Crippen LogP contribution in [0.1, 0.15) is 31.9 Å². The predicted molar refractivity (Wildman–Crippen MR) is 73.8 cm³/mol. The molecule has 0 aliphatic heterocycles. The number of nitrogens with one attached hydrogen (secondary N) is 2. The Morgan fingerprint density at radius 2 is 2.17 bits per heavy atom. The fourth-order valence-corrected chi connectivity index (χ4v) is 1.97. The highest BCUT2D eigenvalue weighted by molar-refractivity contribution is 9.10. The number of carbonyl (C=O) groups excluding carboxylic acids is 1. The lowest BCUT2D eigenvalue weighted by Gasteiger charge is -2.15. The van der Waals surface area contributed by atoms with Gasteiger partial charge < -0.3 is 10.6 Å². The summed E-state index contributed by atoms with van der Waals surface area (Å²) in [6, 6.07) is 5.01. The average Bonchev–Trinajstić information content (AvgIpc) is 2.27. The first-order valence-corrected chi connectivity index (χ1v) is 6.72. The van der Waals surface area contributed by atoms with Crippen molar-refractivity contribution in [2.24, 2.45) is 0 Å². The third-order valence-electron chi connectivity index (χ3n) is 2.61. The molecule has 0 aliphatic rings. The molecule has 1 rings (SSSR count). The van der Waals surface area contributed by atoms with Crippen molar-refractivity contribution < 1.29 is 9.18 Å². The number of hydrogen-bond acceptors (Lipinski definition) is 2. The van der Waals surface area contributed by atoms with Crippen LogP contribution in [0.25, 0.3) is 0 Å². The van der Waals surface area contributed by atoms with Gasteiger partial charge in [-0.05, 0) is 32.0 Å². The zero-order valence-electron chi connectivity index (χ0n) is 10.6. The van der Waals surface area contributed by atoms with Gasteiger partial charge in [0, 0.05) is 29.5 Å². The van der Waals surface area contributed by atoms with Crippen molar-refractivity contribution in [3.63, 3.8) is 0 Å². The van der Waals surface area contributed by atoms with Crippen LogP contribution in [0, 0.1) is 5.82 Å². The lowest BCUT2D eigenvalue weighted by Crippen LogP contribution is -2.26. The van der Waals surface area contributed by atoms with E-state index in [1.807, 2.05) is 13.0 Å². The highest BCUT2D eigenvalue weighted by Gasteiger charge is 2.10. The maximum absolute atomic E-state index is 13.7. The number of hydrogen-bond donors (Lipinski definition) is 2. The first-order chi connectivity index (χ1) is 8.50. The minimum atomic E-state index is -0.216. The second-order valence-corrected chi connectivity index (χ2v) is 5.09. The SMILES string of the molecule is CC(=O)NCCCNC(C)c1ccc(Br)cc1F. The summed E-state index contributed by atoms with van der Waals surface area (Å²) >= 11 is 3.23. The van der Waals surface area contributed by atoms with Crippen LogP contribution in [0.2, 0.25) is 0 Å². The summed E-state index contributed by atoms with van der Waals surface area (Å²) in [5.41, 5.74) is 0.651. The van der Waals surface area contributed by atoms with Gasteiger partial charge in [-0.15, -0.1) is 0 Å². The lowest BCUT2D eigenvalue weighted by atomic mass is 10.1. The van der Waals surface area contributed by atoms with Gasteiger partial charge in [0.15, 0.2) is 0 Å². The minimum absolute atomic E-state index is 0.0259. The highest BCUT2D eigenvalue weighted by atomic mass is 79.9. The van der Waals surface area contributed by atoms with Crippen LogP contribution in [0.15, 0.2) is 22.7 Å². The van der Waals surface area contributed by atoms with Gasteiger partial charge in [0.2, 0.25) is 5.91 Å². The summed E-state index contributed by atoms with van der Waals surface area (Å²) in [5, 5.41) is 5.94. The monoisotopic (exact) mass is 316 g/mol. The highest BCUT2D eigenvalue weighted by Crippen LogP contribution is 2.20. The van der Waals surface area contributed by atoms with E-state index in [1.54, 1.807) is 6.07 Å². The van der Waals surface area contributed by atoms with Gasteiger partial charge in [-0.1, -0.05) is 22.0 Å². The zero-order chi connectivity index (χ0) is 13.5. The standard InChI is InChI=1S/C13H18BrFN2O/c1-9(16-6-3-7-17-10(2)18)12-5-4-11(14)8-13(12)15/h4-5,8-9,16H,3,6-7H2,1-2H3,(H,17,18). The lowest BCUT2D eigenvalue weighted by molar-refractivity contribution is -0.118. The Labute approximate surface area is 115 Å². The second-order valence-electron chi connectivity index (χ2n) is 4.18. The van der Waals surface area contributed by atoms with E-state index in [1.165, 1.54) is 13.0 Å². The Hall–Kier alpha value is -0.940. The van der Waals surface area contributed by atoms with Crippen LogP contribution in [0.3, 0.4) is 0 Å². The maximum Gasteiger partial charge on any atom is 0.216 e. The molecule has 0 saturated heterocycles. The molecule has 5 heteroatoms. The van der Waals surface area contributed by atoms with Crippen molar-refractivity contribution in [2.45, 2.75) is 26.3 Å². The van der Waals surface area contributed by atoms with Crippen LogP contribution in [0.4, 0.5) is 4.39 Å². The van der Waals surface area contributed by atoms with Crippen LogP contribution in [-0.4, -0.2) is 19.0 Å². The van der Waals surface area contributed by atoms with Crippen molar-refractivity contribution in [3.05, 3.63) is 34.1 Å². The van der Waals surface area contributed by atoms with Crippen LogP contribution < -0.4 is 10.6 Å². The summed E-state index contributed by atoms with van der Waals surface area (Å²) in [7, 11) is 0. The van der Waals surface area contributed by atoms with Crippen molar-refractivity contribution in [3.8, 4) is 0 Å². The molecule has 0 heterocycles. The first-order valence-electron chi connectivity index (χ1n) is 5.93. The van der Waals surface area contributed by atoms with Crippen molar-refractivity contribution in [2.75, 3.05) is 13.1 Å². The summed E-state index contributed by atoms with van der Waals surface area (Å²) in [4.78, 5) is 10.7. The van der Waals surface area contributed by atoms with E-state index in [4.69, 9.17) is 0 Å². The molecular formula is C13H18BrFN2O. The first kappa shape index (κ1) is 15.1. The number of halogens is 2. The van der Waals surface area contributed by atoms with Crippen LogP contribution in [-0.2, 0) is 4.79 Å². The Kier molecular flexibility index (Phi) is 6.29. The summed E-state index contributed by atoms with van der Waals surface area (Å²) in [5.74, 6) is -0.242. The Morgan fingerprint density at radius 1 is 1.44 bits per heavy atom. The fraction of sp³-hybridized carbons (Fsp3) is 0.462. The van der Waals surface area contributed by atoms with Gasteiger partial charge in [0.05, 0.1) is 0 Å². The van der Waals surface area contributed by atoms with E-state index in [2.05, 4.69) is 26.6 Å². The second kappa shape index (κ2) is 7.48. The fourth-order valence-electron chi connectivity index (χ4n) is 1.63. The van der Waals surface area contributed by atoms with E-state index in [0.717, 1.165) is 17.4 Å². The van der Waals surface area contributed by atoms with Gasteiger partial charge in [0.1, 0.15) is 5.82 Å². The van der Waals surface area contributed by atoms with Crippen molar-refractivity contribution in [1.82, 2.24) is 10.6 Å². The third-order valence-corrected chi connectivity index (χ3v) is 3.10. The molecule has 1 aromatic carbocycles. The number of rotatable bonds is 6. The summed E-state index contributed by atoms with van der Waals surface area (Å²) in [6.07, 6.45) is 0.821. The van der Waals surface area contributed by atoms with E-state index in [9.17, 15) is 9.18 Å². The van der Waals surface area contributed by atoms with E-state index >= 15 is 0 Å². The molecule has 0 bridgehead atoms. The molecule has 0 aromatic heterocycles. The van der Waals surface area contributed by atoms with Crippen molar-refractivity contribution >= 4 is 21.8 Å². The molecule has 0 saturated carbocycles. The van der Waals surface area contributed by atoms with E-state index in [0.29, 0.717) is 12.1 Å². The molecule has 1 amide bonds. The quantitative estimate of drug-likeness (QED) is 0.792. The third kappa shape index (κ3) is 5.14. The average molecular weight is 317 g/mol. The topological polar surface area (TPSA) is 41.1 Å². The maximum atomic E-state index is 13.7. The normalized spacial score (nSPS) is 12.2. The van der Waals surface area contributed by atoms with Gasteiger partial charge in [-0.25, -0.2) is 4.39 Å². The molecule has 1 unspecified atom stereocenters. The molecule has 100 valence electrons. The molecular weight excluding hydrogens is 299 g/mol. The number of carbonyl (C=O) groups is 1. The Bertz CT molecular complexity index is 412. The summed E-state index contributed by atoms with van der Waals surface area (Å²) in [6.45, 7) is 4.78. The van der Waals surface area contributed by atoms with Gasteiger partial charge in [-0.3, -0.25) is 4.79 Å². The molecule has 1 atom stereocenters. The zero-order valence-corrected chi connectivity index (χ0v) is 12.2. The molecule has 0 radical (unpaired) electrons. The van der Waals surface area contributed by atoms with Gasteiger partial charge in [-0.2, -0.15) is 0 Å². The summed E-state index contributed by atoms with van der Waals surface area (Å²) < 4.78 is 14.4. The van der Waals surface area contributed by atoms with Gasteiger partial charge >= 0.3 is 0 Å². The molecule has 0 fully saturated rings. The Balaban J connectivity index is 2.36. The predicted octanol–water partition coefficient (Wildman–Crippen LogP) is 2.77. The van der Waals surface area contributed by atoms with Crippen LogP contribution >= 0.6 is 15.9 Å². The van der Waals surface area contributed by atoms with Crippen LogP contribution in [0.5, 0.6) is 0 Å².